The van der Waals surface area contributed by atoms with Crippen molar-refractivity contribution in [3.8, 4) is 0 Å². The molecule has 0 aliphatic carbocycles. The monoisotopic (exact) mass is 353 g/mol. The zero-order valence-corrected chi connectivity index (χ0v) is 15.8. The number of hydrogen-bond donors (Lipinski definition) is 3. The Hall–Kier alpha value is -2.82. The lowest BCUT2D eigenvalue weighted by Gasteiger charge is -2.12. The van der Waals surface area contributed by atoms with Crippen LogP contribution in [0.15, 0.2) is 42.5 Å². The summed E-state index contributed by atoms with van der Waals surface area (Å²) >= 11 is 0. The van der Waals surface area contributed by atoms with Crippen LogP contribution in [0, 0.1) is 13.8 Å². The van der Waals surface area contributed by atoms with E-state index in [9.17, 15) is 9.59 Å². The molecule has 0 saturated heterocycles. The molecule has 2 rings (SSSR count). The molecule has 0 aliphatic heterocycles. The average Bonchev–Trinajstić information content (AvgIpc) is 2.62. The number of rotatable bonds is 7. The van der Waals surface area contributed by atoms with Gasteiger partial charge in [0.2, 0.25) is 5.91 Å². The van der Waals surface area contributed by atoms with E-state index in [4.69, 9.17) is 0 Å². The second-order valence-electron chi connectivity index (χ2n) is 6.58. The van der Waals surface area contributed by atoms with Gasteiger partial charge in [-0.3, -0.25) is 9.59 Å². The standard InChI is InChI=1S/C21H27N3O2/c1-5-16(4)23-21(26)17-8-10-18(11-9-17)24-20(25)13-22-19-12-14(2)6-7-15(19)3/h6-12,16,22H,5,13H2,1-4H3,(H,23,26)(H,24,25). The van der Waals surface area contributed by atoms with Crippen molar-refractivity contribution in [1.82, 2.24) is 5.32 Å². The van der Waals surface area contributed by atoms with Crippen molar-refractivity contribution in [1.29, 1.82) is 0 Å². The molecule has 0 saturated carbocycles. The molecular weight excluding hydrogens is 326 g/mol. The van der Waals surface area contributed by atoms with Crippen LogP contribution in [0.4, 0.5) is 11.4 Å². The maximum Gasteiger partial charge on any atom is 0.251 e. The molecule has 0 aromatic heterocycles. The molecule has 1 atom stereocenters. The number of carbonyl (C=O) groups excluding carboxylic acids is 2. The Morgan fingerprint density at radius 3 is 2.38 bits per heavy atom. The topological polar surface area (TPSA) is 70.2 Å². The van der Waals surface area contributed by atoms with E-state index in [2.05, 4.69) is 16.0 Å². The third-order valence-electron chi connectivity index (χ3n) is 4.25. The predicted octanol–water partition coefficient (Wildman–Crippen LogP) is 3.88. The molecule has 26 heavy (non-hydrogen) atoms. The molecule has 1 unspecified atom stereocenters. The molecule has 0 aliphatic rings. The highest BCUT2D eigenvalue weighted by Gasteiger charge is 2.09. The van der Waals surface area contributed by atoms with Gasteiger partial charge in [0.25, 0.3) is 5.91 Å². The summed E-state index contributed by atoms with van der Waals surface area (Å²) in [6.45, 7) is 8.19. The van der Waals surface area contributed by atoms with Crippen molar-refractivity contribution in [3.63, 3.8) is 0 Å². The number of amides is 2. The summed E-state index contributed by atoms with van der Waals surface area (Å²) in [5.74, 6) is -0.239. The van der Waals surface area contributed by atoms with Crippen LogP contribution >= 0.6 is 0 Å². The lowest BCUT2D eigenvalue weighted by atomic mass is 10.1. The van der Waals surface area contributed by atoms with Crippen molar-refractivity contribution < 1.29 is 9.59 Å². The Labute approximate surface area is 155 Å². The summed E-state index contributed by atoms with van der Waals surface area (Å²) in [5, 5.41) is 8.90. The van der Waals surface area contributed by atoms with Gasteiger partial charge in [-0.05, 0) is 68.7 Å². The number of nitrogens with one attached hydrogen (secondary N) is 3. The Kier molecular flexibility index (Phi) is 6.78. The highest BCUT2D eigenvalue weighted by molar-refractivity contribution is 5.96. The summed E-state index contributed by atoms with van der Waals surface area (Å²) < 4.78 is 0. The summed E-state index contributed by atoms with van der Waals surface area (Å²) in [7, 11) is 0. The lowest BCUT2D eigenvalue weighted by molar-refractivity contribution is -0.114. The van der Waals surface area contributed by atoms with Gasteiger partial charge in [-0.15, -0.1) is 0 Å². The minimum absolute atomic E-state index is 0.103. The first kappa shape index (κ1) is 19.5. The van der Waals surface area contributed by atoms with Crippen LogP contribution < -0.4 is 16.0 Å². The zero-order valence-electron chi connectivity index (χ0n) is 15.8. The largest absolute Gasteiger partial charge is 0.376 e. The SMILES string of the molecule is CCC(C)NC(=O)c1ccc(NC(=O)CNc2cc(C)ccc2C)cc1. The van der Waals surface area contributed by atoms with Crippen LogP contribution in [-0.4, -0.2) is 24.4 Å². The van der Waals surface area contributed by atoms with Gasteiger partial charge in [0.1, 0.15) is 0 Å². The molecule has 5 nitrogen and oxygen atoms in total. The zero-order chi connectivity index (χ0) is 19.1. The van der Waals surface area contributed by atoms with Gasteiger partial charge in [-0.25, -0.2) is 0 Å². The van der Waals surface area contributed by atoms with Gasteiger partial charge < -0.3 is 16.0 Å². The number of benzene rings is 2. The molecule has 2 aromatic rings. The molecule has 2 aromatic carbocycles. The first-order valence-corrected chi connectivity index (χ1v) is 8.91. The van der Waals surface area contributed by atoms with E-state index in [1.807, 2.05) is 45.9 Å². The van der Waals surface area contributed by atoms with Crippen molar-refractivity contribution >= 4 is 23.2 Å². The number of aryl methyl sites for hydroxylation is 2. The quantitative estimate of drug-likeness (QED) is 0.707. The summed E-state index contributed by atoms with van der Waals surface area (Å²) in [6.07, 6.45) is 0.882. The Morgan fingerprint density at radius 2 is 1.73 bits per heavy atom. The van der Waals surface area contributed by atoms with Crippen molar-refractivity contribution in [3.05, 3.63) is 59.2 Å². The number of hydrogen-bond acceptors (Lipinski definition) is 3. The van der Waals surface area contributed by atoms with E-state index in [0.29, 0.717) is 11.3 Å². The fourth-order valence-electron chi connectivity index (χ4n) is 2.42. The molecule has 0 spiro atoms. The van der Waals surface area contributed by atoms with Gasteiger partial charge in [0.15, 0.2) is 0 Å². The molecule has 0 bridgehead atoms. The minimum Gasteiger partial charge on any atom is -0.376 e. The van der Waals surface area contributed by atoms with Crippen LogP contribution in [0.2, 0.25) is 0 Å². The Morgan fingerprint density at radius 1 is 1.04 bits per heavy atom. The van der Waals surface area contributed by atoms with E-state index in [-0.39, 0.29) is 24.4 Å². The number of anilines is 2. The molecule has 0 heterocycles. The molecular formula is C21H27N3O2. The van der Waals surface area contributed by atoms with Crippen molar-refractivity contribution in [2.24, 2.45) is 0 Å². The van der Waals surface area contributed by atoms with E-state index in [1.165, 1.54) is 0 Å². The molecule has 3 N–H and O–H groups in total. The van der Waals surface area contributed by atoms with E-state index >= 15 is 0 Å². The normalized spacial score (nSPS) is 11.5. The first-order valence-electron chi connectivity index (χ1n) is 8.91. The maximum atomic E-state index is 12.1. The minimum atomic E-state index is -0.136. The van der Waals surface area contributed by atoms with Crippen LogP contribution in [-0.2, 0) is 4.79 Å². The summed E-state index contributed by atoms with van der Waals surface area (Å²) in [4.78, 5) is 24.2. The van der Waals surface area contributed by atoms with Gasteiger partial charge in [-0.1, -0.05) is 19.1 Å². The lowest BCUT2D eigenvalue weighted by Crippen LogP contribution is -2.31. The molecule has 138 valence electrons. The molecule has 2 amide bonds. The third-order valence-corrected chi connectivity index (χ3v) is 4.25. The van der Waals surface area contributed by atoms with Crippen molar-refractivity contribution in [2.75, 3.05) is 17.2 Å². The fourth-order valence-corrected chi connectivity index (χ4v) is 2.42. The van der Waals surface area contributed by atoms with Crippen LogP contribution in [0.25, 0.3) is 0 Å². The smallest absolute Gasteiger partial charge is 0.251 e. The van der Waals surface area contributed by atoms with Gasteiger partial charge in [0.05, 0.1) is 6.54 Å². The summed E-state index contributed by atoms with van der Waals surface area (Å²) in [6, 6.07) is 13.1. The fraction of sp³-hybridized carbons (Fsp3) is 0.333. The second kappa shape index (κ2) is 9.04. The van der Waals surface area contributed by atoms with E-state index in [1.54, 1.807) is 24.3 Å². The summed E-state index contributed by atoms with van der Waals surface area (Å²) in [5.41, 5.74) is 4.44. The van der Waals surface area contributed by atoms with E-state index < -0.39 is 0 Å². The highest BCUT2D eigenvalue weighted by Crippen LogP contribution is 2.16. The van der Waals surface area contributed by atoms with Crippen LogP contribution in [0.1, 0.15) is 41.8 Å². The average molecular weight is 353 g/mol. The third kappa shape index (κ3) is 5.62. The van der Waals surface area contributed by atoms with Gasteiger partial charge in [-0.2, -0.15) is 0 Å². The molecule has 0 radical (unpaired) electrons. The van der Waals surface area contributed by atoms with Crippen LogP contribution in [0.3, 0.4) is 0 Å². The van der Waals surface area contributed by atoms with Crippen molar-refractivity contribution in [2.45, 2.75) is 40.2 Å². The van der Waals surface area contributed by atoms with Gasteiger partial charge >= 0.3 is 0 Å². The molecule has 0 fully saturated rings. The number of carbonyl (C=O) groups is 2. The van der Waals surface area contributed by atoms with Crippen LogP contribution in [0.5, 0.6) is 0 Å². The van der Waals surface area contributed by atoms with Gasteiger partial charge in [0, 0.05) is 23.0 Å². The maximum absolute atomic E-state index is 12.1. The predicted molar refractivity (Wildman–Crippen MR) is 107 cm³/mol. The highest BCUT2D eigenvalue weighted by atomic mass is 16.2. The second-order valence-corrected chi connectivity index (χ2v) is 6.58. The molecule has 5 heteroatoms. The Bertz CT molecular complexity index is 769. The first-order chi connectivity index (χ1) is 12.4. The van der Waals surface area contributed by atoms with E-state index in [0.717, 1.165) is 23.2 Å². The Balaban J connectivity index is 1.89.